The highest BCUT2D eigenvalue weighted by molar-refractivity contribution is 9.10. The van der Waals surface area contributed by atoms with Gasteiger partial charge in [0.25, 0.3) is 0 Å². The molecule has 0 unspecified atom stereocenters. The normalized spacial score (nSPS) is 11.3. The molecule has 0 saturated carbocycles. The number of sulfone groups is 1. The predicted molar refractivity (Wildman–Crippen MR) is 95.9 cm³/mol. The minimum absolute atomic E-state index is 0.136. The Kier molecular flexibility index (Phi) is 6.08. The van der Waals surface area contributed by atoms with Crippen molar-refractivity contribution in [2.75, 3.05) is 11.1 Å². The fourth-order valence-electron chi connectivity index (χ4n) is 1.79. The largest absolute Gasteiger partial charge is 0.325 e. The van der Waals surface area contributed by atoms with E-state index in [1.165, 1.54) is 24.3 Å². The topological polar surface area (TPSA) is 63.2 Å². The Bertz CT molecular complexity index is 823. The molecular formula is C15H12BrCl2NO3S. The molecule has 2 aromatic carbocycles. The number of rotatable bonds is 5. The van der Waals surface area contributed by atoms with E-state index in [0.29, 0.717) is 15.7 Å². The number of carbonyl (C=O) groups is 1. The van der Waals surface area contributed by atoms with Crippen LogP contribution in [-0.4, -0.2) is 20.1 Å². The van der Waals surface area contributed by atoms with Gasteiger partial charge in [-0.1, -0.05) is 39.1 Å². The molecule has 0 atom stereocenters. The van der Waals surface area contributed by atoms with Crippen molar-refractivity contribution in [2.24, 2.45) is 0 Å². The summed E-state index contributed by atoms with van der Waals surface area (Å²) in [7, 11) is -3.54. The van der Waals surface area contributed by atoms with Gasteiger partial charge in [-0.25, -0.2) is 8.42 Å². The van der Waals surface area contributed by atoms with Crippen molar-refractivity contribution in [1.82, 2.24) is 0 Å². The summed E-state index contributed by atoms with van der Waals surface area (Å²) in [4.78, 5) is 12.1. The number of halogens is 3. The molecular weight excluding hydrogens is 425 g/mol. The second-order valence-corrected chi connectivity index (χ2v) is 8.56. The number of anilines is 1. The third-order valence-electron chi connectivity index (χ3n) is 2.98. The molecule has 0 aliphatic carbocycles. The van der Waals surface area contributed by atoms with Crippen LogP contribution in [0.1, 0.15) is 6.42 Å². The summed E-state index contributed by atoms with van der Waals surface area (Å²) in [5.74, 6) is -0.721. The van der Waals surface area contributed by atoms with Crippen LogP contribution >= 0.6 is 39.1 Å². The van der Waals surface area contributed by atoms with E-state index in [0.717, 1.165) is 4.47 Å². The summed E-state index contributed by atoms with van der Waals surface area (Å²) in [6.45, 7) is 0. The van der Waals surface area contributed by atoms with Crippen molar-refractivity contribution in [3.8, 4) is 0 Å². The van der Waals surface area contributed by atoms with Gasteiger partial charge in [0.15, 0.2) is 9.84 Å². The van der Waals surface area contributed by atoms with Crippen LogP contribution in [0.3, 0.4) is 0 Å². The molecule has 2 rings (SSSR count). The van der Waals surface area contributed by atoms with Gasteiger partial charge in [-0.3, -0.25) is 4.79 Å². The number of hydrogen-bond donors (Lipinski definition) is 1. The number of amides is 1. The molecule has 122 valence electrons. The third-order valence-corrected chi connectivity index (χ3v) is 5.77. The maximum absolute atomic E-state index is 12.2. The van der Waals surface area contributed by atoms with Gasteiger partial charge in [0.05, 0.1) is 21.4 Å². The molecule has 23 heavy (non-hydrogen) atoms. The average Bonchev–Trinajstić information content (AvgIpc) is 2.49. The Morgan fingerprint density at radius 1 is 1.09 bits per heavy atom. The fraction of sp³-hybridized carbons (Fsp3) is 0.133. The van der Waals surface area contributed by atoms with Crippen LogP contribution in [-0.2, 0) is 14.6 Å². The van der Waals surface area contributed by atoms with Gasteiger partial charge in [-0.05, 0) is 42.5 Å². The SMILES string of the molecule is O=C(CCS(=O)(=O)c1ccc(Cl)cc1)Nc1ccc(Br)cc1Cl. The quantitative estimate of drug-likeness (QED) is 0.747. The van der Waals surface area contributed by atoms with Crippen molar-refractivity contribution in [1.29, 1.82) is 0 Å². The molecule has 1 amide bonds. The summed E-state index contributed by atoms with van der Waals surface area (Å²) in [5.41, 5.74) is 0.434. The van der Waals surface area contributed by atoms with Crippen LogP contribution in [0.2, 0.25) is 10.0 Å². The first-order chi connectivity index (χ1) is 10.8. The maximum atomic E-state index is 12.2. The maximum Gasteiger partial charge on any atom is 0.225 e. The zero-order valence-electron chi connectivity index (χ0n) is 11.7. The molecule has 0 aromatic heterocycles. The van der Waals surface area contributed by atoms with Gasteiger partial charge in [0.1, 0.15) is 0 Å². The van der Waals surface area contributed by atoms with Crippen molar-refractivity contribution in [3.63, 3.8) is 0 Å². The number of carbonyl (C=O) groups excluding carboxylic acids is 1. The van der Waals surface area contributed by atoms with Crippen LogP contribution in [0, 0.1) is 0 Å². The van der Waals surface area contributed by atoms with Gasteiger partial charge in [-0.2, -0.15) is 0 Å². The summed E-state index contributed by atoms with van der Waals surface area (Å²) in [5, 5.41) is 3.41. The Balaban J connectivity index is 1.99. The fourth-order valence-corrected chi connectivity index (χ4v) is 3.88. The number of nitrogens with one attached hydrogen (secondary N) is 1. The van der Waals surface area contributed by atoms with Crippen LogP contribution < -0.4 is 5.32 Å². The Hall–Kier alpha value is -1.08. The first kappa shape index (κ1) is 18.3. The molecule has 0 saturated heterocycles. The minimum Gasteiger partial charge on any atom is -0.325 e. The Morgan fingerprint density at radius 3 is 2.35 bits per heavy atom. The van der Waals surface area contributed by atoms with Gasteiger partial charge < -0.3 is 5.32 Å². The van der Waals surface area contributed by atoms with Gasteiger partial charge in [0, 0.05) is 15.9 Å². The summed E-state index contributed by atoms with van der Waals surface area (Å²) < 4.78 is 25.1. The molecule has 0 fully saturated rings. The van der Waals surface area contributed by atoms with Crippen LogP contribution in [0.5, 0.6) is 0 Å². The van der Waals surface area contributed by atoms with E-state index < -0.39 is 15.7 Å². The highest BCUT2D eigenvalue weighted by Gasteiger charge is 2.17. The second kappa shape index (κ2) is 7.66. The standard InChI is InChI=1S/C15H12BrCl2NO3S/c16-10-1-6-14(13(18)9-10)19-15(20)7-8-23(21,22)12-4-2-11(17)3-5-12/h1-6,9H,7-8H2,(H,19,20). The van der Waals surface area contributed by atoms with E-state index in [4.69, 9.17) is 23.2 Å². The Labute approximate surface area is 152 Å². The molecule has 4 nitrogen and oxygen atoms in total. The highest BCUT2D eigenvalue weighted by Crippen LogP contribution is 2.25. The molecule has 1 N–H and O–H groups in total. The van der Waals surface area contributed by atoms with Crippen molar-refractivity contribution >= 4 is 60.6 Å². The lowest BCUT2D eigenvalue weighted by atomic mass is 10.3. The van der Waals surface area contributed by atoms with Crippen molar-refractivity contribution in [3.05, 3.63) is 57.0 Å². The molecule has 2 aromatic rings. The first-order valence-corrected chi connectivity index (χ1v) is 9.71. The molecule has 0 spiro atoms. The first-order valence-electron chi connectivity index (χ1n) is 6.51. The third kappa shape index (κ3) is 5.21. The van der Waals surface area contributed by atoms with Crippen LogP contribution in [0.25, 0.3) is 0 Å². The van der Waals surface area contributed by atoms with Crippen LogP contribution in [0.4, 0.5) is 5.69 Å². The smallest absolute Gasteiger partial charge is 0.225 e. The van der Waals surface area contributed by atoms with E-state index in [2.05, 4.69) is 21.2 Å². The Morgan fingerprint density at radius 2 is 1.74 bits per heavy atom. The van der Waals surface area contributed by atoms with Crippen molar-refractivity contribution < 1.29 is 13.2 Å². The van der Waals surface area contributed by atoms with Crippen molar-refractivity contribution in [2.45, 2.75) is 11.3 Å². The predicted octanol–water partition coefficient (Wildman–Crippen LogP) is 4.56. The van der Waals surface area contributed by atoms with E-state index in [1.54, 1.807) is 18.2 Å². The molecule has 0 aliphatic heterocycles. The second-order valence-electron chi connectivity index (χ2n) is 4.70. The molecule has 0 aliphatic rings. The average molecular weight is 437 g/mol. The van der Waals surface area contributed by atoms with Gasteiger partial charge in [0.2, 0.25) is 5.91 Å². The summed E-state index contributed by atoms with van der Waals surface area (Å²) >= 11 is 15.0. The lowest BCUT2D eigenvalue weighted by Gasteiger charge is -2.08. The lowest BCUT2D eigenvalue weighted by Crippen LogP contribution is -2.17. The van der Waals surface area contributed by atoms with E-state index in [9.17, 15) is 13.2 Å². The zero-order chi connectivity index (χ0) is 17.0. The minimum atomic E-state index is -3.54. The van der Waals surface area contributed by atoms with Gasteiger partial charge in [-0.15, -0.1) is 0 Å². The monoisotopic (exact) mass is 435 g/mol. The van der Waals surface area contributed by atoms with E-state index in [1.807, 2.05) is 0 Å². The number of hydrogen-bond acceptors (Lipinski definition) is 3. The zero-order valence-corrected chi connectivity index (χ0v) is 15.6. The molecule has 0 bridgehead atoms. The molecule has 0 radical (unpaired) electrons. The molecule has 8 heteroatoms. The van der Waals surface area contributed by atoms with E-state index in [-0.39, 0.29) is 17.1 Å². The summed E-state index contributed by atoms with van der Waals surface area (Å²) in [6.07, 6.45) is -0.169. The van der Waals surface area contributed by atoms with E-state index >= 15 is 0 Å². The van der Waals surface area contributed by atoms with Crippen LogP contribution in [0.15, 0.2) is 51.8 Å². The summed E-state index contributed by atoms with van der Waals surface area (Å²) in [6, 6.07) is 10.8. The lowest BCUT2D eigenvalue weighted by molar-refractivity contribution is -0.115. The highest BCUT2D eigenvalue weighted by atomic mass is 79.9. The number of benzene rings is 2. The van der Waals surface area contributed by atoms with Gasteiger partial charge >= 0.3 is 0 Å². The molecule has 0 heterocycles.